The van der Waals surface area contributed by atoms with E-state index in [1.54, 1.807) is 0 Å². The lowest BCUT2D eigenvalue weighted by atomic mass is 10.2. The molecule has 1 unspecified atom stereocenters. The van der Waals surface area contributed by atoms with Crippen molar-refractivity contribution >= 4 is 16.0 Å². The van der Waals surface area contributed by atoms with Crippen molar-refractivity contribution in [3.8, 4) is 0 Å². The standard InChI is InChI=1S/C13H17NO5S/c1-10-9-14(7-8-19-10)20(16,17)12-5-3-11(4-6-12)13(15)18-2/h3-6,10H,7-9H2,1-2H3. The van der Waals surface area contributed by atoms with Crippen LogP contribution in [0, 0.1) is 0 Å². The second kappa shape index (κ2) is 5.90. The van der Waals surface area contributed by atoms with Gasteiger partial charge >= 0.3 is 5.97 Å². The summed E-state index contributed by atoms with van der Waals surface area (Å²) in [4.78, 5) is 11.5. The van der Waals surface area contributed by atoms with Crippen LogP contribution >= 0.6 is 0 Å². The average molecular weight is 299 g/mol. The zero-order chi connectivity index (χ0) is 14.8. The molecule has 0 bridgehead atoms. The fraction of sp³-hybridized carbons (Fsp3) is 0.462. The maximum atomic E-state index is 12.4. The highest BCUT2D eigenvalue weighted by molar-refractivity contribution is 7.89. The molecule has 0 radical (unpaired) electrons. The van der Waals surface area contributed by atoms with E-state index < -0.39 is 16.0 Å². The molecule has 0 saturated carbocycles. The first-order chi connectivity index (χ1) is 9.45. The van der Waals surface area contributed by atoms with Crippen LogP contribution in [0.25, 0.3) is 0 Å². The van der Waals surface area contributed by atoms with Crippen LogP contribution in [0.4, 0.5) is 0 Å². The summed E-state index contributed by atoms with van der Waals surface area (Å²) in [6.07, 6.45) is -0.118. The van der Waals surface area contributed by atoms with Gasteiger partial charge < -0.3 is 9.47 Å². The number of benzene rings is 1. The van der Waals surface area contributed by atoms with E-state index in [9.17, 15) is 13.2 Å². The number of methoxy groups -OCH3 is 1. The van der Waals surface area contributed by atoms with Gasteiger partial charge in [-0.25, -0.2) is 13.2 Å². The van der Waals surface area contributed by atoms with E-state index in [-0.39, 0.29) is 11.0 Å². The highest BCUT2D eigenvalue weighted by atomic mass is 32.2. The number of nitrogens with zero attached hydrogens (tertiary/aromatic N) is 1. The van der Waals surface area contributed by atoms with Gasteiger partial charge in [-0.2, -0.15) is 4.31 Å². The summed E-state index contributed by atoms with van der Waals surface area (Å²) in [6, 6.07) is 5.73. The summed E-state index contributed by atoms with van der Waals surface area (Å²) in [5.74, 6) is -0.492. The normalized spacial score (nSPS) is 20.6. The first-order valence-corrected chi connectivity index (χ1v) is 7.69. The third-order valence-electron chi connectivity index (χ3n) is 3.12. The molecule has 1 aliphatic heterocycles. The minimum atomic E-state index is -3.54. The van der Waals surface area contributed by atoms with Crippen molar-refractivity contribution in [2.75, 3.05) is 26.8 Å². The molecule has 7 heteroatoms. The van der Waals surface area contributed by atoms with Crippen LogP contribution < -0.4 is 0 Å². The van der Waals surface area contributed by atoms with Gasteiger partial charge in [0.25, 0.3) is 0 Å². The first kappa shape index (κ1) is 15.0. The number of esters is 1. The van der Waals surface area contributed by atoms with Gasteiger partial charge in [-0.15, -0.1) is 0 Å². The topological polar surface area (TPSA) is 72.9 Å². The zero-order valence-corrected chi connectivity index (χ0v) is 12.2. The second-order valence-corrected chi connectivity index (χ2v) is 6.50. The summed E-state index contributed by atoms with van der Waals surface area (Å²) < 4.78 is 36.2. The molecule has 0 aliphatic carbocycles. The smallest absolute Gasteiger partial charge is 0.337 e. The van der Waals surface area contributed by atoms with Crippen molar-refractivity contribution in [1.29, 1.82) is 0 Å². The van der Waals surface area contributed by atoms with Gasteiger partial charge in [0.05, 0.1) is 30.3 Å². The van der Waals surface area contributed by atoms with Crippen molar-refractivity contribution in [2.45, 2.75) is 17.9 Å². The molecular formula is C13H17NO5S. The molecule has 6 nitrogen and oxygen atoms in total. The van der Waals surface area contributed by atoms with Gasteiger partial charge in [0.15, 0.2) is 0 Å². The third kappa shape index (κ3) is 3.00. The molecule has 110 valence electrons. The molecule has 1 aromatic rings. The number of carbonyl (C=O) groups excluding carboxylic acids is 1. The third-order valence-corrected chi connectivity index (χ3v) is 5.00. The largest absolute Gasteiger partial charge is 0.465 e. The Kier molecular flexibility index (Phi) is 4.42. The van der Waals surface area contributed by atoms with Crippen LogP contribution in [-0.2, 0) is 19.5 Å². The quantitative estimate of drug-likeness (QED) is 0.775. The molecule has 1 heterocycles. The van der Waals surface area contributed by atoms with E-state index in [0.717, 1.165) is 0 Å². The van der Waals surface area contributed by atoms with Crippen molar-refractivity contribution in [2.24, 2.45) is 0 Å². The predicted molar refractivity (Wildman–Crippen MR) is 72.0 cm³/mol. The maximum Gasteiger partial charge on any atom is 0.337 e. The Hall–Kier alpha value is -1.44. The number of carbonyl (C=O) groups is 1. The van der Waals surface area contributed by atoms with Gasteiger partial charge in [0, 0.05) is 13.1 Å². The van der Waals surface area contributed by atoms with E-state index >= 15 is 0 Å². The van der Waals surface area contributed by atoms with Crippen molar-refractivity contribution < 1.29 is 22.7 Å². The Balaban J connectivity index is 2.23. The van der Waals surface area contributed by atoms with E-state index in [1.807, 2.05) is 6.92 Å². The van der Waals surface area contributed by atoms with Gasteiger partial charge in [-0.05, 0) is 31.2 Å². The number of sulfonamides is 1. The Bertz CT molecular complexity index is 581. The molecule has 20 heavy (non-hydrogen) atoms. The Morgan fingerprint density at radius 1 is 1.35 bits per heavy atom. The zero-order valence-electron chi connectivity index (χ0n) is 11.4. The molecule has 1 atom stereocenters. The Labute approximate surface area is 118 Å². The highest BCUT2D eigenvalue weighted by Gasteiger charge is 2.29. The lowest BCUT2D eigenvalue weighted by Gasteiger charge is -2.30. The summed E-state index contributed by atoms with van der Waals surface area (Å²) in [6.45, 7) is 2.90. The van der Waals surface area contributed by atoms with Crippen LogP contribution in [0.15, 0.2) is 29.2 Å². The van der Waals surface area contributed by atoms with E-state index in [0.29, 0.717) is 25.3 Å². The molecule has 1 aromatic carbocycles. The fourth-order valence-electron chi connectivity index (χ4n) is 2.03. The van der Waals surface area contributed by atoms with Gasteiger partial charge in [0.1, 0.15) is 0 Å². The molecule has 1 aliphatic rings. The van der Waals surface area contributed by atoms with E-state index in [1.165, 1.54) is 35.7 Å². The minimum Gasteiger partial charge on any atom is -0.465 e. The lowest BCUT2D eigenvalue weighted by Crippen LogP contribution is -2.44. The SMILES string of the molecule is COC(=O)c1ccc(S(=O)(=O)N2CCOC(C)C2)cc1. The minimum absolute atomic E-state index is 0.118. The fourth-order valence-corrected chi connectivity index (χ4v) is 3.53. The molecule has 0 amide bonds. The van der Waals surface area contributed by atoms with E-state index in [2.05, 4.69) is 4.74 Å². The number of morpholine rings is 1. The number of hydrogen-bond donors (Lipinski definition) is 0. The van der Waals surface area contributed by atoms with Crippen molar-refractivity contribution in [3.63, 3.8) is 0 Å². The van der Waals surface area contributed by atoms with Crippen LogP contribution in [0.2, 0.25) is 0 Å². The van der Waals surface area contributed by atoms with Crippen LogP contribution in [0.3, 0.4) is 0 Å². The number of rotatable bonds is 3. The monoisotopic (exact) mass is 299 g/mol. The van der Waals surface area contributed by atoms with Crippen LogP contribution in [0.1, 0.15) is 17.3 Å². The summed E-state index contributed by atoms with van der Waals surface area (Å²) in [5, 5.41) is 0. The van der Waals surface area contributed by atoms with Crippen LogP contribution in [-0.4, -0.2) is 51.6 Å². The molecular weight excluding hydrogens is 282 g/mol. The van der Waals surface area contributed by atoms with Gasteiger partial charge in [0.2, 0.25) is 10.0 Å². The highest BCUT2D eigenvalue weighted by Crippen LogP contribution is 2.19. The Morgan fingerprint density at radius 3 is 2.55 bits per heavy atom. The maximum absolute atomic E-state index is 12.4. The Morgan fingerprint density at radius 2 is 2.00 bits per heavy atom. The summed E-state index contributed by atoms with van der Waals surface area (Å²) >= 11 is 0. The molecule has 1 saturated heterocycles. The average Bonchev–Trinajstić information content (AvgIpc) is 2.46. The van der Waals surface area contributed by atoms with Crippen molar-refractivity contribution in [3.05, 3.63) is 29.8 Å². The van der Waals surface area contributed by atoms with Gasteiger partial charge in [-0.1, -0.05) is 0 Å². The lowest BCUT2D eigenvalue weighted by molar-refractivity contribution is 0.0102. The molecule has 0 N–H and O–H groups in total. The number of hydrogen-bond acceptors (Lipinski definition) is 5. The van der Waals surface area contributed by atoms with Gasteiger partial charge in [-0.3, -0.25) is 0 Å². The summed E-state index contributed by atoms with van der Waals surface area (Å²) in [7, 11) is -2.26. The van der Waals surface area contributed by atoms with Crippen molar-refractivity contribution in [1.82, 2.24) is 4.31 Å². The molecule has 0 spiro atoms. The predicted octanol–water partition coefficient (Wildman–Crippen LogP) is 0.883. The van der Waals surface area contributed by atoms with Crippen LogP contribution in [0.5, 0.6) is 0 Å². The molecule has 1 fully saturated rings. The first-order valence-electron chi connectivity index (χ1n) is 6.25. The summed E-state index contributed by atoms with van der Waals surface area (Å²) in [5.41, 5.74) is 0.321. The number of ether oxygens (including phenoxy) is 2. The van der Waals surface area contributed by atoms with E-state index in [4.69, 9.17) is 4.74 Å². The molecule has 2 rings (SSSR count). The second-order valence-electron chi connectivity index (χ2n) is 4.56. The molecule has 0 aromatic heterocycles.